The molecule has 2 fully saturated rings. The van der Waals surface area contributed by atoms with Gasteiger partial charge in [-0.2, -0.15) is 0 Å². The molecule has 2 aliphatic rings. The van der Waals surface area contributed by atoms with Gasteiger partial charge in [0.2, 0.25) is 0 Å². The molecular formula is C58H61B2N3O4. The molecule has 7 aromatic carbocycles. The largest absolute Gasteiger partial charge is 0.494 e. The maximum absolute atomic E-state index is 6.45. The minimum atomic E-state index is -0.444. The van der Waals surface area contributed by atoms with Gasteiger partial charge in [-0.1, -0.05) is 77.9 Å². The topological polar surface area (TPSA) is 48.3 Å². The minimum Gasteiger partial charge on any atom is -0.399 e. The van der Waals surface area contributed by atoms with Gasteiger partial charge < -0.3 is 33.0 Å². The van der Waals surface area contributed by atoms with Gasteiger partial charge in [-0.25, -0.2) is 0 Å². The summed E-state index contributed by atoms with van der Waals surface area (Å²) >= 11 is 0. The molecule has 67 heavy (non-hydrogen) atoms. The lowest BCUT2D eigenvalue weighted by atomic mass is 9.79. The lowest BCUT2D eigenvalue weighted by Gasteiger charge is -2.32. The van der Waals surface area contributed by atoms with Crippen molar-refractivity contribution in [2.24, 2.45) is 0 Å². The number of para-hydroxylation sites is 1. The van der Waals surface area contributed by atoms with Crippen LogP contribution in [0.15, 0.2) is 152 Å². The number of hydrogen-bond acceptors (Lipinski definition) is 6. The minimum absolute atomic E-state index is 0.424. The number of benzene rings is 7. The van der Waals surface area contributed by atoms with Crippen molar-refractivity contribution in [3.63, 3.8) is 0 Å². The zero-order chi connectivity index (χ0) is 47.2. The summed E-state index contributed by atoms with van der Waals surface area (Å²) in [5, 5.41) is 2.31. The van der Waals surface area contributed by atoms with E-state index in [1.807, 2.05) is 0 Å². The first kappa shape index (κ1) is 44.7. The van der Waals surface area contributed by atoms with Crippen LogP contribution in [0.2, 0.25) is 0 Å². The zero-order valence-electron chi connectivity index (χ0n) is 41.1. The molecule has 0 radical (unpaired) electrons. The highest BCUT2D eigenvalue weighted by Gasteiger charge is 2.52. The van der Waals surface area contributed by atoms with E-state index in [1.54, 1.807) is 0 Å². The Kier molecular flexibility index (Phi) is 10.9. The van der Waals surface area contributed by atoms with Crippen LogP contribution in [0.25, 0.3) is 27.5 Å². The van der Waals surface area contributed by atoms with E-state index in [4.69, 9.17) is 18.6 Å². The molecule has 0 N–H and O–H groups in total. The summed E-state index contributed by atoms with van der Waals surface area (Å²) in [7, 11) is -0.887. The van der Waals surface area contributed by atoms with Crippen molar-refractivity contribution in [3.05, 3.63) is 174 Å². The SMILES string of the molecule is Cc1ccc(N(c2ccc(B3OC(C)(C)C(C)(C)O3)cc2)c2ccc3c(c2)c2cc(N(c4ccc(C)cc4)c4ccc(B5OC(C)(C)C(C)(C)O5)cc4)ccc2n3-c2c(C)cccc2C)cc1. The second-order valence-electron chi connectivity index (χ2n) is 20.7. The lowest BCUT2D eigenvalue weighted by molar-refractivity contribution is 0.00578. The Hall–Kier alpha value is -6.09. The number of aryl methyl sites for hydroxylation is 4. The quantitative estimate of drug-likeness (QED) is 0.135. The molecule has 0 aliphatic carbocycles. The first-order valence-corrected chi connectivity index (χ1v) is 23.6. The Morgan fingerprint density at radius 1 is 0.373 bits per heavy atom. The van der Waals surface area contributed by atoms with Crippen molar-refractivity contribution in [2.75, 3.05) is 9.80 Å². The molecule has 2 saturated heterocycles. The summed E-state index contributed by atoms with van der Waals surface area (Å²) in [5.41, 5.74) is 15.0. The van der Waals surface area contributed by atoms with Crippen LogP contribution >= 0.6 is 0 Å². The monoisotopic (exact) mass is 885 g/mol. The highest BCUT2D eigenvalue weighted by Crippen LogP contribution is 2.44. The van der Waals surface area contributed by atoms with Crippen molar-refractivity contribution in [2.45, 2.75) is 105 Å². The molecule has 2 aliphatic heterocycles. The van der Waals surface area contributed by atoms with Crippen molar-refractivity contribution < 1.29 is 18.6 Å². The van der Waals surface area contributed by atoms with Gasteiger partial charge in [-0.3, -0.25) is 0 Å². The van der Waals surface area contributed by atoms with Crippen LogP contribution in [0.3, 0.4) is 0 Å². The number of hydrogen-bond donors (Lipinski definition) is 0. The summed E-state index contributed by atoms with van der Waals surface area (Å²) in [6.45, 7) is 25.4. The Morgan fingerprint density at radius 3 is 1.00 bits per heavy atom. The number of aromatic nitrogens is 1. The van der Waals surface area contributed by atoms with E-state index in [0.29, 0.717) is 0 Å². The molecule has 3 heterocycles. The number of fused-ring (bicyclic) bond motifs is 3. The molecule has 7 nitrogen and oxygen atoms in total. The van der Waals surface area contributed by atoms with Crippen LogP contribution in [0, 0.1) is 27.7 Å². The fourth-order valence-corrected chi connectivity index (χ4v) is 9.48. The van der Waals surface area contributed by atoms with Crippen molar-refractivity contribution in [1.29, 1.82) is 0 Å². The fourth-order valence-electron chi connectivity index (χ4n) is 9.48. The first-order chi connectivity index (χ1) is 31.8. The standard InChI is InChI=1S/C58H61B2N3O4/c1-38-16-24-44(25-17-38)61(46-28-20-42(21-29-46)59-64-55(5,6)56(7,8)65-59)48-32-34-52-50(36-48)51-37-49(33-35-53(51)63(52)54-40(3)14-13-15-41(54)4)62(45-26-18-39(2)19-27-45)47-30-22-43(23-31-47)60-66-57(9,10)58(11,12)67-60/h13-37H,1-12H3. The van der Waals surface area contributed by atoms with Gasteiger partial charge in [-0.15, -0.1) is 0 Å². The van der Waals surface area contributed by atoms with Gasteiger partial charge in [0.05, 0.1) is 39.1 Å². The Bertz CT molecular complexity index is 2900. The van der Waals surface area contributed by atoms with E-state index >= 15 is 0 Å². The first-order valence-electron chi connectivity index (χ1n) is 23.6. The molecular weight excluding hydrogens is 824 g/mol. The molecule has 1 aromatic heterocycles. The van der Waals surface area contributed by atoms with Crippen LogP contribution in [0.4, 0.5) is 34.1 Å². The maximum atomic E-state index is 6.45. The molecule has 0 unspecified atom stereocenters. The summed E-state index contributed by atoms with van der Waals surface area (Å²) < 4.78 is 28.3. The van der Waals surface area contributed by atoms with Gasteiger partial charge in [0.25, 0.3) is 0 Å². The van der Waals surface area contributed by atoms with E-state index in [-0.39, 0.29) is 0 Å². The van der Waals surface area contributed by atoms with Crippen molar-refractivity contribution in [3.8, 4) is 5.69 Å². The van der Waals surface area contributed by atoms with Crippen LogP contribution < -0.4 is 20.7 Å². The third kappa shape index (κ3) is 7.86. The van der Waals surface area contributed by atoms with E-state index in [1.165, 1.54) is 27.9 Å². The van der Waals surface area contributed by atoms with E-state index < -0.39 is 36.6 Å². The summed E-state index contributed by atoms with van der Waals surface area (Å²) in [6, 6.07) is 55.2. The number of anilines is 6. The predicted molar refractivity (Wildman–Crippen MR) is 281 cm³/mol. The molecule has 8 aromatic rings. The van der Waals surface area contributed by atoms with E-state index in [2.05, 4.69) is 249 Å². The van der Waals surface area contributed by atoms with Crippen LogP contribution in [0.5, 0.6) is 0 Å². The lowest BCUT2D eigenvalue weighted by Crippen LogP contribution is -2.41. The van der Waals surface area contributed by atoms with Crippen molar-refractivity contribution >= 4 is 81.1 Å². The average Bonchev–Trinajstić information content (AvgIpc) is 3.81. The molecule has 0 saturated carbocycles. The molecule has 338 valence electrons. The molecule has 10 rings (SSSR count). The highest BCUT2D eigenvalue weighted by atomic mass is 16.7. The normalized spacial score (nSPS) is 17.1. The fraction of sp³-hybridized carbons (Fsp3) is 0.276. The zero-order valence-corrected chi connectivity index (χ0v) is 41.1. The second kappa shape index (κ2) is 16.3. The Morgan fingerprint density at radius 2 is 0.672 bits per heavy atom. The average molecular weight is 886 g/mol. The van der Waals surface area contributed by atoms with Gasteiger partial charge in [0.1, 0.15) is 0 Å². The van der Waals surface area contributed by atoms with Crippen molar-refractivity contribution in [1.82, 2.24) is 4.57 Å². The Labute approximate surface area is 397 Å². The van der Waals surface area contributed by atoms with Crippen LogP contribution in [-0.2, 0) is 18.6 Å². The van der Waals surface area contributed by atoms with Gasteiger partial charge in [-0.05, 0) is 190 Å². The third-order valence-corrected chi connectivity index (χ3v) is 14.8. The maximum Gasteiger partial charge on any atom is 0.494 e. The van der Waals surface area contributed by atoms with Crippen LogP contribution in [0.1, 0.15) is 77.6 Å². The van der Waals surface area contributed by atoms with Gasteiger partial charge in [0.15, 0.2) is 0 Å². The van der Waals surface area contributed by atoms with Crippen LogP contribution in [-0.4, -0.2) is 41.2 Å². The molecule has 0 spiro atoms. The summed E-state index contributed by atoms with van der Waals surface area (Å²) in [5.74, 6) is 0. The van der Waals surface area contributed by atoms with Gasteiger partial charge >= 0.3 is 14.2 Å². The highest BCUT2D eigenvalue weighted by molar-refractivity contribution is 6.62. The molecule has 0 atom stereocenters. The smallest absolute Gasteiger partial charge is 0.399 e. The van der Waals surface area contributed by atoms with Gasteiger partial charge in [0, 0.05) is 44.9 Å². The summed E-state index contributed by atoms with van der Waals surface area (Å²) in [4.78, 5) is 4.69. The molecule has 9 heteroatoms. The van der Waals surface area contributed by atoms with E-state index in [9.17, 15) is 0 Å². The Balaban J connectivity index is 1.13. The summed E-state index contributed by atoms with van der Waals surface area (Å²) in [6.07, 6.45) is 0. The van der Waals surface area contributed by atoms with E-state index in [0.717, 1.165) is 66.9 Å². The third-order valence-electron chi connectivity index (χ3n) is 14.8. The molecule has 0 bridgehead atoms. The number of rotatable bonds is 9. The second-order valence-corrected chi connectivity index (χ2v) is 20.7. The molecule has 0 amide bonds. The number of nitrogens with zero attached hydrogens (tertiary/aromatic N) is 3. The predicted octanol–water partition coefficient (Wildman–Crippen LogP) is 13.6.